The Kier molecular flexibility index (Phi) is 3.26. The molecule has 0 aromatic rings. The zero-order valence-corrected chi connectivity index (χ0v) is 10.3. The molecular formula is C12H20N2O3. The Bertz CT molecular complexity index is 330. The summed E-state index contributed by atoms with van der Waals surface area (Å²) in [5, 5.41) is 11.8. The zero-order chi connectivity index (χ0) is 12.6. The Hall–Kier alpha value is -1.26. The van der Waals surface area contributed by atoms with E-state index in [2.05, 4.69) is 19.2 Å². The van der Waals surface area contributed by atoms with Gasteiger partial charge in [0.05, 0.1) is 5.92 Å². The van der Waals surface area contributed by atoms with E-state index in [1.54, 1.807) is 4.90 Å². The van der Waals surface area contributed by atoms with Crippen molar-refractivity contribution in [2.75, 3.05) is 13.1 Å². The van der Waals surface area contributed by atoms with Crippen molar-refractivity contribution in [3.63, 3.8) is 0 Å². The van der Waals surface area contributed by atoms with Crippen LogP contribution in [0.4, 0.5) is 4.79 Å². The van der Waals surface area contributed by atoms with Crippen LogP contribution in [-0.2, 0) is 4.79 Å². The fourth-order valence-electron chi connectivity index (χ4n) is 2.51. The second kappa shape index (κ2) is 4.55. The van der Waals surface area contributed by atoms with E-state index in [1.807, 2.05) is 0 Å². The predicted octanol–water partition coefficient (Wildman–Crippen LogP) is 1.15. The van der Waals surface area contributed by atoms with E-state index in [1.165, 1.54) is 0 Å². The summed E-state index contributed by atoms with van der Waals surface area (Å²) < 4.78 is 0. The smallest absolute Gasteiger partial charge is 0.317 e. The zero-order valence-electron chi connectivity index (χ0n) is 10.3. The van der Waals surface area contributed by atoms with Gasteiger partial charge in [0, 0.05) is 19.1 Å². The molecule has 0 aromatic heterocycles. The molecule has 0 bridgehead atoms. The Labute approximate surface area is 101 Å². The number of amides is 2. The third-order valence-corrected chi connectivity index (χ3v) is 3.83. The molecule has 2 fully saturated rings. The third kappa shape index (κ3) is 2.70. The number of carbonyl (C=O) groups is 2. The Balaban J connectivity index is 1.77. The van der Waals surface area contributed by atoms with Crippen molar-refractivity contribution in [3.8, 4) is 0 Å². The summed E-state index contributed by atoms with van der Waals surface area (Å²) in [5.41, 5.74) is 0. The normalized spacial score (nSPS) is 31.7. The van der Waals surface area contributed by atoms with Gasteiger partial charge in [0.15, 0.2) is 0 Å². The number of nitrogens with zero attached hydrogens (tertiary/aromatic N) is 1. The second-order valence-corrected chi connectivity index (χ2v) is 5.47. The summed E-state index contributed by atoms with van der Waals surface area (Å²) in [6.07, 6.45) is 1.63. The van der Waals surface area contributed by atoms with Crippen LogP contribution in [0, 0.1) is 17.8 Å². The van der Waals surface area contributed by atoms with E-state index in [-0.39, 0.29) is 11.9 Å². The van der Waals surface area contributed by atoms with Gasteiger partial charge >= 0.3 is 12.0 Å². The molecule has 0 aromatic carbocycles. The first kappa shape index (κ1) is 12.2. The van der Waals surface area contributed by atoms with Gasteiger partial charge in [0.2, 0.25) is 0 Å². The lowest BCUT2D eigenvalue weighted by Gasteiger charge is -2.17. The standard InChI is InChI=1S/C12H20N2O3/c1-7(2)9-5-10(9)13-12(17)14-4-3-8(6-14)11(15)16/h7-10H,3-6H2,1-2H3,(H,13,17)(H,15,16)/t8?,9-,10+/m0/s1. The number of rotatable bonds is 3. The quantitative estimate of drug-likeness (QED) is 0.777. The van der Waals surface area contributed by atoms with Crippen LogP contribution in [-0.4, -0.2) is 41.1 Å². The molecule has 1 saturated carbocycles. The lowest BCUT2D eigenvalue weighted by Crippen LogP contribution is -2.40. The number of urea groups is 1. The molecular weight excluding hydrogens is 220 g/mol. The van der Waals surface area contributed by atoms with Gasteiger partial charge in [0.1, 0.15) is 0 Å². The van der Waals surface area contributed by atoms with Crippen LogP contribution in [0.25, 0.3) is 0 Å². The molecule has 2 N–H and O–H groups in total. The van der Waals surface area contributed by atoms with Gasteiger partial charge in [0.25, 0.3) is 0 Å². The van der Waals surface area contributed by atoms with Crippen molar-refractivity contribution in [2.24, 2.45) is 17.8 Å². The van der Waals surface area contributed by atoms with Crippen LogP contribution in [0.1, 0.15) is 26.7 Å². The van der Waals surface area contributed by atoms with Gasteiger partial charge in [-0.2, -0.15) is 0 Å². The number of carbonyl (C=O) groups excluding carboxylic acids is 1. The number of aliphatic carboxylic acids is 1. The van der Waals surface area contributed by atoms with Crippen LogP contribution in [0.2, 0.25) is 0 Å². The minimum Gasteiger partial charge on any atom is -0.481 e. The van der Waals surface area contributed by atoms with E-state index in [0.717, 1.165) is 6.42 Å². The number of hydrogen-bond donors (Lipinski definition) is 2. The number of likely N-dealkylation sites (tertiary alicyclic amines) is 1. The van der Waals surface area contributed by atoms with E-state index in [9.17, 15) is 9.59 Å². The van der Waals surface area contributed by atoms with E-state index in [0.29, 0.717) is 37.4 Å². The summed E-state index contributed by atoms with van der Waals surface area (Å²) in [6.45, 7) is 5.22. The first-order valence-electron chi connectivity index (χ1n) is 6.27. The van der Waals surface area contributed by atoms with Crippen LogP contribution >= 0.6 is 0 Å². The fraction of sp³-hybridized carbons (Fsp3) is 0.833. The van der Waals surface area contributed by atoms with Gasteiger partial charge in [-0.1, -0.05) is 13.8 Å². The average Bonchev–Trinajstić information content (AvgIpc) is 2.84. The maximum Gasteiger partial charge on any atom is 0.317 e. The molecule has 1 heterocycles. The Morgan fingerprint density at radius 2 is 2.12 bits per heavy atom. The molecule has 1 aliphatic carbocycles. The van der Waals surface area contributed by atoms with E-state index < -0.39 is 5.97 Å². The van der Waals surface area contributed by atoms with Crippen molar-refractivity contribution in [1.29, 1.82) is 0 Å². The predicted molar refractivity (Wildman–Crippen MR) is 62.6 cm³/mol. The number of nitrogens with one attached hydrogen (secondary N) is 1. The Morgan fingerprint density at radius 1 is 1.41 bits per heavy atom. The SMILES string of the molecule is CC(C)[C@@H]1C[C@H]1NC(=O)N1CCC(C(=O)O)C1. The largest absolute Gasteiger partial charge is 0.481 e. The van der Waals surface area contributed by atoms with Crippen molar-refractivity contribution >= 4 is 12.0 Å². The summed E-state index contributed by atoms with van der Waals surface area (Å²) in [4.78, 5) is 24.3. The molecule has 1 unspecified atom stereocenters. The highest BCUT2D eigenvalue weighted by molar-refractivity contribution is 5.77. The monoisotopic (exact) mass is 240 g/mol. The maximum atomic E-state index is 11.9. The molecule has 1 saturated heterocycles. The van der Waals surface area contributed by atoms with E-state index >= 15 is 0 Å². The van der Waals surface area contributed by atoms with Crippen molar-refractivity contribution < 1.29 is 14.7 Å². The van der Waals surface area contributed by atoms with Crippen LogP contribution in [0.5, 0.6) is 0 Å². The highest BCUT2D eigenvalue weighted by Gasteiger charge is 2.41. The molecule has 3 atom stereocenters. The number of carboxylic acid groups (broad SMARTS) is 1. The molecule has 2 rings (SSSR count). The van der Waals surface area contributed by atoms with Crippen LogP contribution < -0.4 is 5.32 Å². The molecule has 0 spiro atoms. The van der Waals surface area contributed by atoms with Gasteiger partial charge in [-0.25, -0.2) is 4.79 Å². The molecule has 2 aliphatic rings. The van der Waals surface area contributed by atoms with Gasteiger partial charge in [-0.3, -0.25) is 4.79 Å². The molecule has 5 nitrogen and oxygen atoms in total. The van der Waals surface area contributed by atoms with Crippen LogP contribution in [0.15, 0.2) is 0 Å². The average molecular weight is 240 g/mol. The number of hydrogen-bond acceptors (Lipinski definition) is 2. The first-order valence-corrected chi connectivity index (χ1v) is 6.27. The van der Waals surface area contributed by atoms with Crippen molar-refractivity contribution in [3.05, 3.63) is 0 Å². The molecule has 0 radical (unpaired) electrons. The molecule has 17 heavy (non-hydrogen) atoms. The minimum atomic E-state index is -0.799. The lowest BCUT2D eigenvalue weighted by molar-refractivity contribution is -0.141. The summed E-state index contributed by atoms with van der Waals surface area (Å²) in [6, 6.07) is 0.202. The van der Waals surface area contributed by atoms with Gasteiger partial charge < -0.3 is 15.3 Å². The summed E-state index contributed by atoms with van der Waals surface area (Å²) in [7, 11) is 0. The second-order valence-electron chi connectivity index (χ2n) is 5.47. The third-order valence-electron chi connectivity index (χ3n) is 3.83. The number of carboxylic acids is 1. The highest BCUT2D eigenvalue weighted by atomic mass is 16.4. The van der Waals surface area contributed by atoms with Gasteiger partial charge in [-0.05, 0) is 24.7 Å². The highest BCUT2D eigenvalue weighted by Crippen LogP contribution is 2.37. The van der Waals surface area contributed by atoms with E-state index in [4.69, 9.17) is 5.11 Å². The topological polar surface area (TPSA) is 69.6 Å². The fourth-order valence-corrected chi connectivity index (χ4v) is 2.51. The van der Waals surface area contributed by atoms with Crippen molar-refractivity contribution in [2.45, 2.75) is 32.7 Å². The molecule has 5 heteroatoms. The van der Waals surface area contributed by atoms with Crippen molar-refractivity contribution in [1.82, 2.24) is 10.2 Å². The van der Waals surface area contributed by atoms with Crippen LogP contribution in [0.3, 0.4) is 0 Å². The molecule has 96 valence electrons. The first-order chi connectivity index (χ1) is 7.99. The maximum absolute atomic E-state index is 11.9. The Morgan fingerprint density at radius 3 is 2.59 bits per heavy atom. The van der Waals surface area contributed by atoms with Gasteiger partial charge in [-0.15, -0.1) is 0 Å². The molecule has 2 amide bonds. The minimum absolute atomic E-state index is 0.0955. The lowest BCUT2D eigenvalue weighted by atomic mass is 10.1. The summed E-state index contributed by atoms with van der Waals surface area (Å²) >= 11 is 0. The summed E-state index contributed by atoms with van der Waals surface area (Å²) in [5.74, 6) is 0.00935. The molecule has 1 aliphatic heterocycles.